The molecule has 0 unspecified atom stereocenters. The van der Waals surface area contributed by atoms with Crippen LogP contribution < -0.4 is 4.74 Å². The van der Waals surface area contributed by atoms with Crippen LogP contribution in [0.25, 0.3) is 6.08 Å². The van der Waals surface area contributed by atoms with Gasteiger partial charge in [-0.1, -0.05) is 24.3 Å². The maximum atomic E-state index is 9.72. The van der Waals surface area contributed by atoms with Crippen molar-refractivity contribution in [2.45, 2.75) is 0 Å². The SMILES string of the molecule is N=Cc1cc(O)c(O)c(/C=C/COc2ccccc2)c1. The Labute approximate surface area is 117 Å². The van der Waals surface area contributed by atoms with Crippen LogP contribution in [-0.2, 0) is 0 Å². The van der Waals surface area contributed by atoms with Crippen molar-refractivity contribution in [3.8, 4) is 17.2 Å². The molecule has 2 aromatic carbocycles. The summed E-state index contributed by atoms with van der Waals surface area (Å²) in [7, 11) is 0. The molecule has 0 saturated heterocycles. The molecule has 4 heteroatoms. The minimum Gasteiger partial charge on any atom is -0.504 e. The Bertz CT molecular complexity index is 621. The summed E-state index contributed by atoms with van der Waals surface area (Å²) in [6, 6.07) is 12.3. The molecular formula is C16H15NO3. The number of hydrogen-bond acceptors (Lipinski definition) is 4. The van der Waals surface area contributed by atoms with Crippen LogP contribution in [-0.4, -0.2) is 23.0 Å². The third kappa shape index (κ3) is 3.38. The van der Waals surface area contributed by atoms with Gasteiger partial charge in [-0.2, -0.15) is 0 Å². The van der Waals surface area contributed by atoms with Crippen molar-refractivity contribution < 1.29 is 14.9 Å². The molecule has 102 valence electrons. The summed E-state index contributed by atoms with van der Waals surface area (Å²) in [6.07, 6.45) is 4.48. The van der Waals surface area contributed by atoms with Crippen molar-refractivity contribution >= 4 is 12.3 Å². The van der Waals surface area contributed by atoms with Gasteiger partial charge in [-0.3, -0.25) is 0 Å². The van der Waals surface area contributed by atoms with Gasteiger partial charge in [0.15, 0.2) is 11.5 Å². The van der Waals surface area contributed by atoms with E-state index in [0.717, 1.165) is 12.0 Å². The second-order valence-electron chi connectivity index (χ2n) is 4.15. The quantitative estimate of drug-likeness (QED) is 0.576. The van der Waals surface area contributed by atoms with Crippen LogP contribution in [0.1, 0.15) is 11.1 Å². The molecule has 3 N–H and O–H groups in total. The Morgan fingerprint density at radius 1 is 1.10 bits per heavy atom. The number of para-hydroxylation sites is 1. The number of nitrogens with one attached hydrogen (secondary N) is 1. The zero-order chi connectivity index (χ0) is 14.4. The molecule has 0 saturated carbocycles. The lowest BCUT2D eigenvalue weighted by atomic mass is 10.1. The highest BCUT2D eigenvalue weighted by Gasteiger charge is 2.05. The van der Waals surface area contributed by atoms with E-state index in [1.54, 1.807) is 18.2 Å². The number of hydrogen-bond donors (Lipinski definition) is 3. The lowest BCUT2D eigenvalue weighted by Gasteiger charge is -2.05. The second-order valence-corrected chi connectivity index (χ2v) is 4.15. The van der Waals surface area contributed by atoms with Crippen LogP contribution in [0.5, 0.6) is 17.2 Å². The highest BCUT2D eigenvalue weighted by molar-refractivity contribution is 5.81. The van der Waals surface area contributed by atoms with Gasteiger partial charge in [-0.15, -0.1) is 0 Å². The van der Waals surface area contributed by atoms with E-state index in [0.29, 0.717) is 17.7 Å². The topological polar surface area (TPSA) is 73.5 Å². The maximum absolute atomic E-state index is 9.72. The summed E-state index contributed by atoms with van der Waals surface area (Å²) in [4.78, 5) is 0. The van der Waals surface area contributed by atoms with E-state index < -0.39 is 0 Å². The zero-order valence-corrected chi connectivity index (χ0v) is 10.8. The fraction of sp³-hybridized carbons (Fsp3) is 0.0625. The van der Waals surface area contributed by atoms with E-state index in [1.165, 1.54) is 6.07 Å². The monoisotopic (exact) mass is 269 g/mol. The van der Waals surface area contributed by atoms with Crippen molar-refractivity contribution in [1.82, 2.24) is 0 Å². The molecular weight excluding hydrogens is 254 g/mol. The first-order valence-electron chi connectivity index (χ1n) is 6.11. The summed E-state index contributed by atoms with van der Waals surface area (Å²) in [5.74, 6) is 0.318. The smallest absolute Gasteiger partial charge is 0.164 e. The first-order valence-corrected chi connectivity index (χ1v) is 6.11. The summed E-state index contributed by atoms with van der Waals surface area (Å²) < 4.78 is 5.48. The van der Waals surface area contributed by atoms with Crippen LogP contribution >= 0.6 is 0 Å². The van der Waals surface area contributed by atoms with E-state index in [9.17, 15) is 10.2 Å². The Morgan fingerprint density at radius 3 is 2.55 bits per heavy atom. The van der Waals surface area contributed by atoms with Gasteiger partial charge < -0.3 is 20.4 Å². The summed E-state index contributed by atoms with van der Waals surface area (Å²) >= 11 is 0. The highest BCUT2D eigenvalue weighted by atomic mass is 16.5. The average Bonchev–Trinajstić information content (AvgIpc) is 2.48. The van der Waals surface area contributed by atoms with Gasteiger partial charge in [-0.25, -0.2) is 0 Å². The average molecular weight is 269 g/mol. The standard InChI is InChI=1S/C16H15NO3/c17-11-12-9-13(16(19)15(18)10-12)5-4-8-20-14-6-2-1-3-7-14/h1-7,9-11,17-19H,8H2/b5-4+,17-11?. The van der Waals surface area contributed by atoms with Crippen molar-refractivity contribution in [3.63, 3.8) is 0 Å². The first kappa shape index (κ1) is 13.7. The van der Waals surface area contributed by atoms with Crippen molar-refractivity contribution in [2.24, 2.45) is 0 Å². The lowest BCUT2D eigenvalue weighted by molar-refractivity contribution is 0.363. The number of aromatic hydroxyl groups is 2. The molecule has 0 aliphatic rings. The number of ether oxygens (including phenoxy) is 1. The van der Waals surface area contributed by atoms with Crippen LogP contribution in [0.3, 0.4) is 0 Å². The largest absolute Gasteiger partial charge is 0.504 e. The number of rotatable bonds is 5. The number of phenols is 2. The fourth-order valence-electron chi connectivity index (χ4n) is 1.71. The fourth-order valence-corrected chi connectivity index (χ4v) is 1.71. The molecule has 2 rings (SSSR count). The van der Waals surface area contributed by atoms with E-state index in [2.05, 4.69) is 0 Å². The summed E-state index contributed by atoms with van der Waals surface area (Å²) in [5, 5.41) is 26.4. The predicted octanol–water partition coefficient (Wildman–Crippen LogP) is 3.19. The lowest BCUT2D eigenvalue weighted by Crippen LogP contribution is -1.92. The molecule has 0 bridgehead atoms. The molecule has 2 aromatic rings. The normalized spacial score (nSPS) is 10.6. The molecule has 0 atom stereocenters. The molecule has 0 aliphatic carbocycles. The molecule has 20 heavy (non-hydrogen) atoms. The summed E-state index contributed by atoms with van der Waals surface area (Å²) in [5.41, 5.74) is 0.962. The Morgan fingerprint density at radius 2 is 1.85 bits per heavy atom. The molecule has 4 nitrogen and oxygen atoms in total. The molecule has 0 heterocycles. The van der Waals surface area contributed by atoms with E-state index in [-0.39, 0.29) is 11.5 Å². The second kappa shape index (κ2) is 6.43. The van der Waals surface area contributed by atoms with Gasteiger partial charge in [0.25, 0.3) is 0 Å². The molecule has 0 radical (unpaired) electrons. The number of phenolic OH excluding ortho intramolecular Hbond substituents is 2. The Balaban J connectivity index is 2.04. The van der Waals surface area contributed by atoms with Gasteiger partial charge >= 0.3 is 0 Å². The van der Waals surface area contributed by atoms with E-state index in [1.807, 2.05) is 30.3 Å². The molecule has 0 spiro atoms. The molecule has 0 amide bonds. The van der Waals surface area contributed by atoms with Gasteiger partial charge in [0.2, 0.25) is 0 Å². The highest BCUT2D eigenvalue weighted by Crippen LogP contribution is 2.30. The van der Waals surface area contributed by atoms with Gasteiger partial charge in [0, 0.05) is 11.8 Å². The maximum Gasteiger partial charge on any atom is 0.164 e. The van der Waals surface area contributed by atoms with Crippen LogP contribution in [0, 0.1) is 5.41 Å². The third-order valence-electron chi connectivity index (χ3n) is 2.70. The van der Waals surface area contributed by atoms with Gasteiger partial charge in [-0.05, 0) is 35.9 Å². The molecule has 0 aromatic heterocycles. The summed E-state index contributed by atoms with van der Waals surface area (Å²) in [6.45, 7) is 0.346. The van der Waals surface area contributed by atoms with E-state index in [4.69, 9.17) is 10.1 Å². The molecule has 0 aliphatic heterocycles. The van der Waals surface area contributed by atoms with Crippen LogP contribution in [0.2, 0.25) is 0 Å². The zero-order valence-electron chi connectivity index (χ0n) is 10.8. The van der Waals surface area contributed by atoms with Gasteiger partial charge in [0.05, 0.1) is 0 Å². The van der Waals surface area contributed by atoms with Crippen LogP contribution in [0.4, 0.5) is 0 Å². The van der Waals surface area contributed by atoms with Crippen molar-refractivity contribution in [1.29, 1.82) is 5.41 Å². The Kier molecular flexibility index (Phi) is 4.39. The Hall–Kier alpha value is -2.75. The van der Waals surface area contributed by atoms with Crippen LogP contribution in [0.15, 0.2) is 48.5 Å². The third-order valence-corrected chi connectivity index (χ3v) is 2.70. The first-order chi connectivity index (χ1) is 9.70. The molecule has 0 fully saturated rings. The minimum absolute atomic E-state index is 0.202. The minimum atomic E-state index is -0.241. The predicted molar refractivity (Wildman–Crippen MR) is 78.6 cm³/mol. The van der Waals surface area contributed by atoms with Gasteiger partial charge in [0.1, 0.15) is 12.4 Å². The number of benzene rings is 2. The van der Waals surface area contributed by atoms with Crippen molar-refractivity contribution in [3.05, 3.63) is 59.7 Å². The van der Waals surface area contributed by atoms with E-state index >= 15 is 0 Å². The van der Waals surface area contributed by atoms with Crippen molar-refractivity contribution in [2.75, 3.05) is 6.61 Å².